The maximum Gasteiger partial charge on any atom is 0.165 e. The standard InChI is InChI=1S/C14H11ClFN3/c1-8-6-13(10(7-17)9(2)18-8)19-12-5-3-4-11(15)14(12)16/h3-6H,1-2H3,(H,18,19). The zero-order valence-electron chi connectivity index (χ0n) is 10.5. The van der Waals surface area contributed by atoms with Crippen molar-refractivity contribution in [2.45, 2.75) is 13.8 Å². The van der Waals surface area contributed by atoms with E-state index in [1.165, 1.54) is 6.07 Å². The van der Waals surface area contributed by atoms with Crippen LogP contribution in [0.15, 0.2) is 24.3 Å². The molecule has 0 aliphatic heterocycles. The maximum absolute atomic E-state index is 13.8. The van der Waals surface area contributed by atoms with Crippen LogP contribution in [-0.4, -0.2) is 4.98 Å². The molecule has 2 aromatic rings. The van der Waals surface area contributed by atoms with Crippen molar-refractivity contribution in [2.75, 3.05) is 5.32 Å². The van der Waals surface area contributed by atoms with Crippen LogP contribution in [0.1, 0.15) is 17.0 Å². The van der Waals surface area contributed by atoms with E-state index in [-0.39, 0.29) is 10.7 Å². The lowest BCUT2D eigenvalue weighted by Gasteiger charge is -2.12. The van der Waals surface area contributed by atoms with Crippen LogP contribution in [-0.2, 0) is 0 Å². The molecule has 1 N–H and O–H groups in total. The molecular formula is C14H11ClFN3. The Morgan fingerprint density at radius 3 is 2.74 bits per heavy atom. The molecule has 1 aromatic heterocycles. The molecule has 0 spiro atoms. The van der Waals surface area contributed by atoms with Gasteiger partial charge in [0.2, 0.25) is 0 Å². The topological polar surface area (TPSA) is 48.7 Å². The predicted octanol–water partition coefficient (Wildman–Crippen LogP) is 4.11. The lowest BCUT2D eigenvalue weighted by molar-refractivity contribution is 0.632. The quantitative estimate of drug-likeness (QED) is 0.897. The predicted molar refractivity (Wildman–Crippen MR) is 73.1 cm³/mol. The normalized spacial score (nSPS) is 10.1. The highest BCUT2D eigenvalue weighted by atomic mass is 35.5. The van der Waals surface area contributed by atoms with Gasteiger partial charge in [0, 0.05) is 5.69 Å². The van der Waals surface area contributed by atoms with Gasteiger partial charge in [0.1, 0.15) is 6.07 Å². The van der Waals surface area contributed by atoms with E-state index < -0.39 is 5.82 Å². The summed E-state index contributed by atoms with van der Waals surface area (Å²) < 4.78 is 13.8. The molecular weight excluding hydrogens is 265 g/mol. The Hall–Kier alpha value is -2.12. The van der Waals surface area contributed by atoms with Gasteiger partial charge in [-0.3, -0.25) is 4.98 Å². The van der Waals surface area contributed by atoms with Gasteiger partial charge in [-0.1, -0.05) is 17.7 Å². The summed E-state index contributed by atoms with van der Waals surface area (Å²) in [5.74, 6) is -0.542. The van der Waals surface area contributed by atoms with E-state index in [4.69, 9.17) is 16.9 Å². The zero-order valence-corrected chi connectivity index (χ0v) is 11.2. The second kappa shape index (κ2) is 5.25. The second-order valence-corrected chi connectivity index (χ2v) is 4.52. The minimum absolute atomic E-state index is 0.0333. The molecule has 0 atom stereocenters. The highest BCUT2D eigenvalue weighted by Crippen LogP contribution is 2.28. The third-order valence-corrected chi connectivity index (χ3v) is 2.95. The van der Waals surface area contributed by atoms with E-state index in [2.05, 4.69) is 16.4 Å². The third-order valence-electron chi connectivity index (χ3n) is 2.66. The number of halogens is 2. The minimum atomic E-state index is -0.542. The fraction of sp³-hybridized carbons (Fsp3) is 0.143. The minimum Gasteiger partial charge on any atom is -0.352 e. The fourth-order valence-electron chi connectivity index (χ4n) is 1.81. The molecule has 0 radical (unpaired) electrons. The summed E-state index contributed by atoms with van der Waals surface area (Å²) in [6.45, 7) is 3.55. The van der Waals surface area contributed by atoms with Crippen molar-refractivity contribution < 1.29 is 4.39 Å². The first kappa shape index (κ1) is 13.3. The van der Waals surface area contributed by atoms with Crippen LogP contribution in [0, 0.1) is 31.0 Å². The summed E-state index contributed by atoms with van der Waals surface area (Å²) in [6.07, 6.45) is 0. The van der Waals surface area contributed by atoms with E-state index in [0.29, 0.717) is 16.9 Å². The van der Waals surface area contributed by atoms with E-state index in [1.807, 2.05) is 6.92 Å². The Bertz CT molecular complexity index is 677. The van der Waals surface area contributed by atoms with Crippen LogP contribution < -0.4 is 5.32 Å². The molecule has 1 heterocycles. The third kappa shape index (κ3) is 2.67. The average molecular weight is 276 g/mol. The van der Waals surface area contributed by atoms with Crippen LogP contribution in [0.25, 0.3) is 0 Å². The summed E-state index contributed by atoms with van der Waals surface area (Å²) in [5.41, 5.74) is 2.50. The molecule has 2 rings (SSSR count). The second-order valence-electron chi connectivity index (χ2n) is 4.11. The molecule has 3 nitrogen and oxygen atoms in total. The molecule has 5 heteroatoms. The molecule has 0 fully saturated rings. The SMILES string of the molecule is Cc1cc(Nc2cccc(Cl)c2F)c(C#N)c(C)n1. The number of benzene rings is 1. The van der Waals surface area contributed by atoms with E-state index >= 15 is 0 Å². The van der Waals surface area contributed by atoms with Crippen LogP contribution in [0.2, 0.25) is 5.02 Å². The Morgan fingerprint density at radius 2 is 2.05 bits per heavy atom. The van der Waals surface area contributed by atoms with Gasteiger partial charge >= 0.3 is 0 Å². The van der Waals surface area contributed by atoms with Crippen molar-refractivity contribution in [3.05, 3.63) is 52.1 Å². The summed E-state index contributed by atoms with van der Waals surface area (Å²) in [7, 11) is 0. The van der Waals surface area contributed by atoms with E-state index in [1.54, 1.807) is 25.1 Å². The highest BCUT2D eigenvalue weighted by molar-refractivity contribution is 6.31. The smallest absolute Gasteiger partial charge is 0.165 e. The fourth-order valence-corrected chi connectivity index (χ4v) is 1.99. The summed E-state index contributed by atoms with van der Waals surface area (Å²) >= 11 is 5.72. The van der Waals surface area contributed by atoms with Crippen molar-refractivity contribution in [2.24, 2.45) is 0 Å². The number of aryl methyl sites for hydroxylation is 2. The zero-order chi connectivity index (χ0) is 14.0. The first-order chi connectivity index (χ1) is 9.02. The van der Waals surface area contributed by atoms with Crippen LogP contribution in [0.3, 0.4) is 0 Å². The maximum atomic E-state index is 13.8. The molecule has 0 aliphatic rings. The summed E-state index contributed by atoms with van der Waals surface area (Å²) in [5, 5.41) is 12.1. The first-order valence-corrected chi connectivity index (χ1v) is 6.00. The van der Waals surface area contributed by atoms with Gasteiger partial charge in [-0.15, -0.1) is 0 Å². The average Bonchev–Trinajstić information content (AvgIpc) is 2.34. The molecule has 96 valence electrons. The van der Waals surface area contributed by atoms with Crippen LogP contribution >= 0.6 is 11.6 Å². The number of nitrogens with zero attached hydrogens (tertiary/aromatic N) is 2. The molecule has 0 saturated carbocycles. The van der Waals surface area contributed by atoms with Gasteiger partial charge in [0.15, 0.2) is 5.82 Å². The monoisotopic (exact) mass is 275 g/mol. The van der Waals surface area contributed by atoms with Gasteiger partial charge in [-0.2, -0.15) is 5.26 Å². The van der Waals surface area contributed by atoms with E-state index in [0.717, 1.165) is 5.69 Å². The van der Waals surface area contributed by atoms with Crippen molar-refractivity contribution in [3.8, 4) is 6.07 Å². The van der Waals surface area contributed by atoms with E-state index in [9.17, 15) is 4.39 Å². The number of hydrogen-bond donors (Lipinski definition) is 1. The van der Waals surface area contributed by atoms with Crippen molar-refractivity contribution in [1.29, 1.82) is 5.26 Å². The lowest BCUT2D eigenvalue weighted by Crippen LogP contribution is -2.01. The van der Waals surface area contributed by atoms with Crippen molar-refractivity contribution in [1.82, 2.24) is 4.98 Å². The van der Waals surface area contributed by atoms with Gasteiger partial charge in [-0.25, -0.2) is 4.39 Å². The number of pyridine rings is 1. The number of aromatic nitrogens is 1. The number of nitrogens with one attached hydrogen (secondary N) is 1. The van der Waals surface area contributed by atoms with Gasteiger partial charge < -0.3 is 5.32 Å². The largest absolute Gasteiger partial charge is 0.352 e. The van der Waals surface area contributed by atoms with Gasteiger partial charge in [0.05, 0.1) is 27.7 Å². The van der Waals surface area contributed by atoms with Crippen molar-refractivity contribution in [3.63, 3.8) is 0 Å². The number of anilines is 2. The Balaban J connectivity index is 2.50. The molecule has 0 saturated heterocycles. The Kier molecular flexibility index (Phi) is 3.68. The number of hydrogen-bond acceptors (Lipinski definition) is 3. The summed E-state index contributed by atoms with van der Waals surface area (Å²) in [4.78, 5) is 4.20. The Morgan fingerprint density at radius 1 is 1.32 bits per heavy atom. The van der Waals surface area contributed by atoms with Crippen molar-refractivity contribution >= 4 is 23.0 Å². The van der Waals surface area contributed by atoms with Gasteiger partial charge in [0.25, 0.3) is 0 Å². The highest BCUT2D eigenvalue weighted by Gasteiger charge is 2.11. The molecule has 19 heavy (non-hydrogen) atoms. The van der Waals surface area contributed by atoms with Crippen LogP contribution in [0.5, 0.6) is 0 Å². The molecule has 0 unspecified atom stereocenters. The molecule has 1 aromatic carbocycles. The number of nitriles is 1. The molecule has 0 amide bonds. The van der Waals surface area contributed by atoms with Crippen LogP contribution in [0.4, 0.5) is 15.8 Å². The number of rotatable bonds is 2. The summed E-state index contributed by atoms with van der Waals surface area (Å²) in [6, 6.07) is 8.44. The molecule has 0 aliphatic carbocycles. The Labute approximate surface area is 115 Å². The first-order valence-electron chi connectivity index (χ1n) is 5.62. The van der Waals surface area contributed by atoms with Gasteiger partial charge in [-0.05, 0) is 32.0 Å². The lowest BCUT2D eigenvalue weighted by atomic mass is 10.1. The molecule has 0 bridgehead atoms.